The highest BCUT2D eigenvalue weighted by molar-refractivity contribution is 6.35. The Morgan fingerprint density at radius 1 is 0.917 bits per heavy atom. The molecule has 0 heterocycles. The van der Waals surface area contributed by atoms with E-state index >= 15 is 0 Å². The first kappa shape index (κ1) is 17.6. The van der Waals surface area contributed by atoms with Crippen LogP contribution in [0.5, 0.6) is 0 Å². The molecule has 0 saturated heterocycles. The first-order valence-electron chi connectivity index (χ1n) is 7.57. The number of nitrogens with one attached hydrogen (secondary N) is 2. The summed E-state index contributed by atoms with van der Waals surface area (Å²) in [6.45, 7) is 0.108. The molecule has 0 radical (unpaired) electrons. The minimum absolute atomic E-state index is 0.0162. The summed E-state index contributed by atoms with van der Waals surface area (Å²) in [5.41, 5.74) is 1.63. The summed E-state index contributed by atoms with van der Waals surface area (Å²) in [4.78, 5) is 23.4. The highest BCUT2D eigenvalue weighted by Crippen LogP contribution is 2.03. The predicted molar refractivity (Wildman–Crippen MR) is 87.4 cm³/mol. The number of amides is 2. The molecule has 0 bridgehead atoms. The van der Waals surface area contributed by atoms with Crippen molar-refractivity contribution in [3.63, 3.8) is 0 Å². The monoisotopic (exact) mass is 330 g/mol. The molecular formula is C18H19FN2O3. The van der Waals surface area contributed by atoms with Crippen LogP contribution in [0.4, 0.5) is 4.39 Å². The van der Waals surface area contributed by atoms with E-state index in [2.05, 4.69) is 10.6 Å². The number of rotatable bonds is 6. The molecule has 2 aromatic carbocycles. The minimum Gasteiger partial charge on any atom is -0.391 e. The summed E-state index contributed by atoms with van der Waals surface area (Å²) >= 11 is 0. The molecule has 2 rings (SSSR count). The van der Waals surface area contributed by atoms with Crippen LogP contribution in [0.3, 0.4) is 0 Å². The second-order valence-corrected chi connectivity index (χ2v) is 5.36. The molecule has 6 heteroatoms. The average Bonchev–Trinajstić information content (AvgIpc) is 2.59. The van der Waals surface area contributed by atoms with E-state index in [1.165, 1.54) is 24.3 Å². The lowest BCUT2D eigenvalue weighted by Gasteiger charge is -2.12. The fourth-order valence-corrected chi connectivity index (χ4v) is 2.11. The zero-order valence-corrected chi connectivity index (χ0v) is 13.0. The second kappa shape index (κ2) is 8.79. The fraction of sp³-hybridized carbons (Fsp3) is 0.222. The van der Waals surface area contributed by atoms with Crippen molar-refractivity contribution in [2.45, 2.75) is 19.1 Å². The van der Waals surface area contributed by atoms with Crippen molar-refractivity contribution in [3.05, 3.63) is 71.5 Å². The van der Waals surface area contributed by atoms with Crippen LogP contribution in [0.15, 0.2) is 54.6 Å². The summed E-state index contributed by atoms with van der Waals surface area (Å²) in [5.74, 6) is -1.98. The van der Waals surface area contributed by atoms with Crippen molar-refractivity contribution in [1.82, 2.24) is 10.6 Å². The van der Waals surface area contributed by atoms with Gasteiger partial charge in [-0.3, -0.25) is 9.59 Å². The molecule has 24 heavy (non-hydrogen) atoms. The molecule has 5 nitrogen and oxygen atoms in total. The Hall–Kier alpha value is -2.73. The van der Waals surface area contributed by atoms with Gasteiger partial charge in [-0.05, 0) is 23.3 Å². The molecule has 0 spiro atoms. The van der Waals surface area contributed by atoms with Gasteiger partial charge >= 0.3 is 11.8 Å². The van der Waals surface area contributed by atoms with Gasteiger partial charge in [-0.25, -0.2) is 4.39 Å². The molecule has 126 valence electrons. The number of carbonyl (C=O) groups excluding carboxylic acids is 2. The molecule has 0 unspecified atom stereocenters. The molecule has 3 N–H and O–H groups in total. The molecule has 2 aromatic rings. The fourth-order valence-electron chi connectivity index (χ4n) is 2.11. The van der Waals surface area contributed by atoms with Crippen LogP contribution in [0.25, 0.3) is 0 Å². The SMILES string of the molecule is O=C(NCc1ccc(F)cc1)C(=O)NC[C@@H](O)Cc1ccccc1. The maximum Gasteiger partial charge on any atom is 0.309 e. The van der Waals surface area contributed by atoms with Gasteiger partial charge in [0.1, 0.15) is 5.82 Å². The summed E-state index contributed by atoms with van der Waals surface area (Å²) < 4.78 is 12.8. The number of aliphatic hydroxyl groups excluding tert-OH is 1. The van der Waals surface area contributed by atoms with E-state index < -0.39 is 17.9 Å². The number of hydrogen-bond acceptors (Lipinski definition) is 3. The maximum absolute atomic E-state index is 12.8. The molecular weight excluding hydrogens is 311 g/mol. The Bertz CT molecular complexity index is 674. The summed E-state index contributed by atoms with van der Waals surface area (Å²) in [6.07, 6.45) is -0.389. The van der Waals surface area contributed by atoms with E-state index in [4.69, 9.17) is 0 Å². The van der Waals surface area contributed by atoms with Crippen molar-refractivity contribution >= 4 is 11.8 Å². The first-order valence-corrected chi connectivity index (χ1v) is 7.57. The molecule has 0 aliphatic heterocycles. The smallest absolute Gasteiger partial charge is 0.309 e. The lowest BCUT2D eigenvalue weighted by atomic mass is 10.1. The Morgan fingerprint density at radius 2 is 1.54 bits per heavy atom. The average molecular weight is 330 g/mol. The quantitative estimate of drug-likeness (QED) is 0.696. The molecule has 0 aliphatic rings. The van der Waals surface area contributed by atoms with Gasteiger partial charge in [-0.2, -0.15) is 0 Å². The Labute approximate surface area is 139 Å². The zero-order chi connectivity index (χ0) is 17.4. The van der Waals surface area contributed by atoms with Crippen LogP contribution in [0.2, 0.25) is 0 Å². The van der Waals surface area contributed by atoms with Gasteiger partial charge < -0.3 is 15.7 Å². The van der Waals surface area contributed by atoms with Gasteiger partial charge in [0.15, 0.2) is 0 Å². The maximum atomic E-state index is 12.8. The highest BCUT2D eigenvalue weighted by atomic mass is 19.1. The predicted octanol–water partition coefficient (Wildman–Crippen LogP) is 1.16. The number of aliphatic hydroxyl groups is 1. The number of carbonyl (C=O) groups is 2. The Balaban J connectivity index is 1.71. The van der Waals surface area contributed by atoms with Gasteiger partial charge in [0, 0.05) is 19.5 Å². The largest absolute Gasteiger partial charge is 0.391 e. The lowest BCUT2D eigenvalue weighted by Crippen LogP contribution is -2.42. The van der Waals surface area contributed by atoms with E-state index in [0.29, 0.717) is 12.0 Å². The normalized spacial score (nSPS) is 11.6. The Kier molecular flexibility index (Phi) is 6.45. The third-order valence-corrected chi connectivity index (χ3v) is 3.38. The molecule has 0 fully saturated rings. The number of hydrogen-bond donors (Lipinski definition) is 3. The van der Waals surface area contributed by atoms with Crippen molar-refractivity contribution in [2.75, 3.05) is 6.54 Å². The first-order chi connectivity index (χ1) is 11.5. The lowest BCUT2D eigenvalue weighted by molar-refractivity contribution is -0.139. The van der Waals surface area contributed by atoms with Crippen LogP contribution in [-0.2, 0) is 22.6 Å². The second-order valence-electron chi connectivity index (χ2n) is 5.36. The molecule has 0 aromatic heterocycles. The standard InChI is InChI=1S/C18H19FN2O3/c19-15-8-6-14(7-9-15)11-20-17(23)18(24)21-12-16(22)10-13-4-2-1-3-5-13/h1-9,16,22H,10-12H2,(H,20,23)(H,21,24)/t16-/m0/s1. The van der Waals surface area contributed by atoms with Gasteiger partial charge in [-0.15, -0.1) is 0 Å². The molecule has 0 aliphatic carbocycles. The van der Waals surface area contributed by atoms with E-state index in [1.54, 1.807) is 0 Å². The van der Waals surface area contributed by atoms with Crippen LogP contribution in [-0.4, -0.2) is 29.6 Å². The molecule has 0 saturated carbocycles. The third kappa shape index (κ3) is 5.81. The summed E-state index contributed by atoms with van der Waals surface area (Å²) in [5, 5.41) is 14.7. The van der Waals surface area contributed by atoms with Crippen molar-refractivity contribution in [2.24, 2.45) is 0 Å². The molecule has 1 atom stereocenters. The van der Waals surface area contributed by atoms with E-state index in [1.807, 2.05) is 30.3 Å². The van der Waals surface area contributed by atoms with Crippen molar-refractivity contribution in [1.29, 1.82) is 0 Å². The van der Waals surface area contributed by atoms with E-state index in [0.717, 1.165) is 5.56 Å². The van der Waals surface area contributed by atoms with Crippen LogP contribution < -0.4 is 10.6 Å². The van der Waals surface area contributed by atoms with Gasteiger partial charge in [0.2, 0.25) is 0 Å². The van der Waals surface area contributed by atoms with Crippen molar-refractivity contribution < 1.29 is 19.1 Å². The van der Waals surface area contributed by atoms with Crippen molar-refractivity contribution in [3.8, 4) is 0 Å². The highest BCUT2D eigenvalue weighted by Gasteiger charge is 2.14. The topological polar surface area (TPSA) is 78.4 Å². The minimum atomic E-state index is -0.816. The summed E-state index contributed by atoms with van der Waals surface area (Å²) in [6, 6.07) is 15.0. The van der Waals surface area contributed by atoms with E-state index in [9.17, 15) is 19.1 Å². The number of halogens is 1. The van der Waals surface area contributed by atoms with Gasteiger partial charge in [-0.1, -0.05) is 42.5 Å². The van der Waals surface area contributed by atoms with Crippen LogP contribution >= 0.6 is 0 Å². The van der Waals surface area contributed by atoms with Crippen LogP contribution in [0.1, 0.15) is 11.1 Å². The van der Waals surface area contributed by atoms with Crippen LogP contribution in [0, 0.1) is 5.82 Å². The third-order valence-electron chi connectivity index (χ3n) is 3.38. The number of benzene rings is 2. The molecule has 2 amide bonds. The van der Waals surface area contributed by atoms with Gasteiger partial charge in [0.05, 0.1) is 6.10 Å². The van der Waals surface area contributed by atoms with Gasteiger partial charge in [0.25, 0.3) is 0 Å². The Morgan fingerprint density at radius 3 is 2.21 bits per heavy atom. The summed E-state index contributed by atoms with van der Waals surface area (Å²) in [7, 11) is 0. The van der Waals surface area contributed by atoms with E-state index in [-0.39, 0.29) is 18.9 Å². The zero-order valence-electron chi connectivity index (χ0n) is 13.0.